The van der Waals surface area contributed by atoms with E-state index in [0.29, 0.717) is 0 Å². The second-order valence-corrected chi connectivity index (χ2v) is 3.80. The van der Waals surface area contributed by atoms with Crippen molar-refractivity contribution in [1.29, 1.82) is 0 Å². The minimum Gasteiger partial charge on any atom is -0.489 e. The molecule has 0 radical (unpaired) electrons. The summed E-state index contributed by atoms with van der Waals surface area (Å²) in [6.45, 7) is 2.20. The molecule has 2 heteroatoms. The number of unbranched alkanes of at least 4 members (excludes halogenated alkanes) is 2. The van der Waals surface area contributed by atoms with Gasteiger partial charge in [0, 0.05) is 4.90 Å². The van der Waals surface area contributed by atoms with Crippen LogP contribution in [0.15, 0.2) is 40.6 Å². The second-order valence-electron chi connectivity index (χ2n) is 2.86. The van der Waals surface area contributed by atoms with Crippen molar-refractivity contribution in [3.63, 3.8) is 0 Å². The van der Waals surface area contributed by atoms with Crippen LogP contribution in [0.2, 0.25) is 0 Å². The Hall–Kier alpha value is -0.0926. The molecule has 0 amide bonds. The Morgan fingerprint density at radius 3 is 2.64 bits per heavy atom. The van der Waals surface area contributed by atoms with Gasteiger partial charge in [-0.1, -0.05) is 38.0 Å². The van der Waals surface area contributed by atoms with E-state index < -0.39 is 0 Å². The molecule has 0 nitrogen and oxygen atoms in total. The molecule has 0 aliphatic heterocycles. The molecule has 0 spiro atoms. The van der Waals surface area contributed by atoms with Crippen LogP contribution in [0, 0.1) is 6.08 Å². The topological polar surface area (TPSA) is 0 Å². The molecule has 1 rings (SSSR count). The standard InChI is InChI=1S/C12H15S.Li/c1-2-3-4-8-11-13-12-9-6-5-7-10-12;/h5-7,9-11H,2-4H2,1H3;/q-1;+1. The van der Waals surface area contributed by atoms with E-state index in [9.17, 15) is 0 Å². The van der Waals surface area contributed by atoms with Crippen LogP contribution in [0.1, 0.15) is 26.2 Å². The van der Waals surface area contributed by atoms with Crippen LogP contribution in [0.25, 0.3) is 0 Å². The Kier molecular flexibility index (Phi) is 9.40. The molecule has 70 valence electrons. The average molecular weight is 198 g/mol. The zero-order valence-corrected chi connectivity index (χ0v) is 9.81. The van der Waals surface area contributed by atoms with Crippen LogP contribution in [-0.4, -0.2) is 0 Å². The number of hydrogen-bond donors (Lipinski definition) is 0. The van der Waals surface area contributed by atoms with E-state index in [0.717, 1.165) is 6.42 Å². The summed E-state index contributed by atoms with van der Waals surface area (Å²) in [4.78, 5) is 1.28. The molecule has 0 aliphatic rings. The normalized spacial score (nSPS) is 10.1. The van der Waals surface area contributed by atoms with Gasteiger partial charge in [-0.3, -0.25) is 0 Å². The van der Waals surface area contributed by atoms with E-state index in [-0.39, 0.29) is 18.9 Å². The molecule has 0 fully saturated rings. The van der Waals surface area contributed by atoms with Gasteiger partial charge in [0.25, 0.3) is 0 Å². The van der Waals surface area contributed by atoms with Crippen LogP contribution in [0.5, 0.6) is 0 Å². The van der Waals surface area contributed by atoms with Gasteiger partial charge in [-0.25, -0.2) is 5.41 Å². The predicted octanol–water partition coefficient (Wildman–Crippen LogP) is 1.29. The third-order valence-electron chi connectivity index (χ3n) is 1.70. The summed E-state index contributed by atoms with van der Waals surface area (Å²) < 4.78 is 0. The van der Waals surface area contributed by atoms with E-state index in [2.05, 4.69) is 42.7 Å². The van der Waals surface area contributed by atoms with Gasteiger partial charge in [-0.2, -0.15) is 6.42 Å². The number of thioether (sulfide) groups is 1. The molecule has 0 atom stereocenters. The first-order valence-corrected chi connectivity index (χ1v) is 5.58. The summed E-state index contributed by atoms with van der Waals surface area (Å²) in [7, 11) is 0. The molecular formula is C12H15LiS. The van der Waals surface area contributed by atoms with Gasteiger partial charge in [-0.15, -0.1) is 11.8 Å². The largest absolute Gasteiger partial charge is 1.00 e. The maximum Gasteiger partial charge on any atom is 1.00 e. The summed E-state index contributed by atoms with van der Waals surface area (Å²) in [6, 6.07) is 10.4. The third-order valence-corrected chi connectivity index (χ3v) is 2.53. The fraction of sp³-hybridized carbons (Fsp3) is 0.333. The van der Waals surface area contributed by atoms with Gasteiger partial charge in [0.15, 0.2) is 0 Å². The Morgan fingerprint density at radius 1 is 1.29 bits per heavy atom. The molecule has 1 aromatic carbocycles. The van der Waals surface area contributed by atoms with Crippen LogP contribution >= 0.6 is 11.8 Å². The molecule has 0 saturated carbocycles. The zero-order chi connectivity index (χ0) is 9.36. The first-order valence-electron chi connectivity index (χ1n) is 4.70. The first kappa shape index (κ1) is 13.9. The number of hydrogen-bond acceptors (Lipinski definition) is 1. The fourth-order valence-electron chi connectivity index (χ4n) is 0.947. The van der Waals surface area contributed by atoms with Crippen LogP contribution in [-0.2, 0) is 0 Å². The number of benzene rings is 1. The van der Waals surface area contributed by atoms with Gasteiger partial charge in [-0.05, 0) is 12.1 Å². The van der Waals surface area contributed by atoms with E-state index in [1.54, 1.807) is 11.8 Å². The van der Waals surface area contributed by atoms with E-state index in [1.165, 1.54) is 17.7 Å². The van der Waals surface area contributed by atoms with E-state index in [1.807, 2.05) is 6.07 Å². The second kappa shape index (κ2) is 9.46. The maximum atomic E-state index is 3.27. The molecule has 0 N–H and O–H groups in total. The molecule has 0 saturated heterocycles. The quantitative estimate of drug-likeness (QED) is 0.297. The fourth-order valence-corrected chi connectivity index (χ4v) is 1.60. The SMILES string of the molecule is CCCC[C-]=CSc1ccccc1.[Li+]. The van der Waals surface area contributed by atoms with Crippen LogP contribution in [0.3, 0.4) is 0 Å². The maximum absolute atomic E-state index is 3.27. The summed E-state index contributed by atoms with van der Waals surface area (Å²) >= 11 is 1.73. The number of allylic oxidation sites excluding steroid dienone is 1. The van der Waals surface area contributed by atoms with E-state index in [4.69, 9.17) is 0 Å². The molecule has 1 aromatic rings. The zero-order valence-electron chi connectivity index (χ0n) is 8.99. The monoisotopic (exact) mass is 198 g/mol. The van der Waals surface area contributed by atoms with Crippen molar-refractivity contribution in [1.82, 2.24) is 0 Å². The molecule has 14 heavy (non-hydrogen) atoms. The Labute approximate surface area is 103 Å². The predicted molar refractivity (Wildman–Crippen MR) is 59.6 cm³/mol. The van der Waals surface area contributed by atoms with Crippen molar-refractivity contribution in [3.05, 3.63) is 41.8 Å². The van der Waals surface area contributed by atoms with Crippen molar-refractivity contribution >= 4 is 11.8 Å². The molecular weight excluding hydrogens is 183 g/mol. The summed E-state index contributed by atoms with van der Waals surface area (Å²) in [6.07, 6.45) is 6.84. The van der Waals surface area contributed by atoms with Crippen LogP contribution < -0.4 is 18.9 Å². The summed E-state index contributed by atoms with van der Waals surface area (Å²) in [5, 5.41) is 2.06. The van der Waals surface area contributed by atoms with Gasteiger partial charge in [0.2, 0.25) is 0 Å². The van der Waals surface area contributed by atoms with Crippen LogP contribution in [0.4, 0.5) is 0 Å². The summed E-state index contributed by atoms with van der Waals surface area (Å²) in [5.74, 6) is 0. The van der Waals surface area contributed by atoms with Crippen molar-refractivity contribution < 1.29 is 18.9 Å². The van der Waals surface area contributed by atoms with Gasteiger partial charge >= 0.3 is 18.9 Å². The van der Waals surface area contributed by atoms with E-state index >= 15 is 0 Å². The Bertz CT molecular complexity index is 244. The molecule has 0 bridgehead atoms. The van der Waals surface area contributed by atoms with Crippen molar-refractivity contribution in [2.75, 3.05) is 0 Å². The Balaban J connectivity index is 0.00000169. The van der Waals surface area contributed by atoms with Gasteiger partial charge < -0.3 is 6.08 Å². The van der Waals surface area contributed by atoms with Crippen molar-refractivity contribution in [3.8, 4) is 0 Å². The molecule has 0 aliphatic carbocycles. The smallest absolute Gasteiger partial charge is 0.489 e. The molecule has 0 unspecified atom stereocenters. The van der Waals surface area contributed by atoms with Gasteiger partial charge in [0.1, 0.15) is 0 Å². The van der Waals surface area contributed by atoms with Crippen molar-refractivity contribution in [2.45, 2.75) is 31.1 Å². The third kappa shape index (κ3) is 6.37. The number of rotatable bonds is 5. The minimum absolute atomic E-state index is 0. The first-order chi connectivity index (χ1) is 6.43. The van der Waals surface area contributed by atoms with Gasteiger partial charge in [0.05, 0.1) is 0 Å². The average Bonchev–Trinajstić information content (AvgIpc) is 2.19. The molecule has 0 heterocycles. The molecule has 0 aromatic heterocycles. The Morgan fingerprint density at radius 2 is 2.00 bits per heavy atom. The van der Waals surface area contributed by atoms with Crippen molar-refractivity contribution in [2.24, 2.45) is 0 Å². The minimum atomic E-state index is 0. The summed E-state index contributed by atoms with van der Waals surface area (Å²) in [5.41, 5.74) is 0.